The number of hydrogen-bond donors (Lipinski definition) is 0. The van der Waals surface area contributed by atoms with Crippen LogP contribution in [-0.2, 0) is 0 Å². The van der Waals surface area contributed by atoms with Crippen molar-refractivity contribution in [3.8, 4) is 50.7 Å². The average Bonchev–Trinajstić information content (AvgIpc) is 3.78. The normalized spacial score (nSPS) is 12.8. The molecule has 0 N–H and O–H groups in total. The van der Waals surface area contributed by atoms with Gasteiger partial charge in [0.2, 0.25) is 5.95 Å². The zero-order valence-corrected chi connectivity index (χ0v) is 31.5. The molecular weight excluding hydrogens is 695 g/mol. The summed E-state index contributed by atoms with van der Waals surface area (Å²) in [5, 5.41) is 8.10. The Morgan fingerprint density at radius 1 is 0.339 bits per heavy atom. The quantitative estimate of drug-likeness (QED) is 0.160. The maximum Gasteiger partial charge on any atom is 0.235 e. The molecule has 10 aromatic rings. The van der Waals surface area contributed by atoms with E-state index in [2.05, 4.69) is 211 Å². The van der Waals surface area contributed by atoms with E-state index in [0.717, 1.165) is 33.5 Å². The van der Waals surface area contributed by atoms with Gasteiger partial charge in [-0.3, -0.25) is 4.57 Å². The van der Waals surface area contributed by atoms with Gasteiger partial charge >= 0.3 is 0 Å². The van der Waals surface area contributed by atoms with Crippen LogP contribution in [0.4, 0.5) is 0 Å². The van der Waals surface area contributed by atoms with Crippen LogP contribution in [0, 0.1) is 0 Å². The van der Waals surface area contributed by atoms with Crippen molar-refractivity contribution in [2.75, 3.05) is 0 Å². The molecule has 1 aliphatic rings. The number of fused-ring (bicyclic) bond motifs is 6. The summed E-state index contributed by atoms with van der Waals surface area (Å²) >= 11 is 0. The fraction of sp³-hybridized carbons (Fsp3) is 0. The van der Waals surface area contributed by atoms with Gasteiger partial charge in [-0.15, -0.1) is 0 Å². The van der Waals surface area contributed by atoms with Crippen LogP contribution >= 0.6 is 0 Å². The van der Waals surface area contributed by atoms with Crippen LogP contribution in [0.15, 0.2) is 212 Å². The third kappa shape index (κ3) is 4.97. The molecule has 3 heterocycles. The van der Waals surface area contributed by atoms with E-state index in [9.17, 15) is 0 Å². The van der Waals surface area contributed by atoms with E-state index in [1.165, 1.54) is 53.8 Å². The van der Waals surface area contributed by atoms with Gasteiger partial charge in [0.15, 0.2) is 8.07 Å². The van der Waals surface area contributed by atoms with Gasteiger partial charge in [0.25, 0.3) is 0 Å². The lowest BCUT2D eigenvalue weighted by atomic mass is 9.98. The largest absolute Gasteiger partial charge is 0.278 e. The third-order valence-corrected chi connectivity index (χ3v) is 16.4. The van der Waals surface area contributed by atoms with E-state index in [-0.39, 0.29) is 0 Å². The molecule has 0 bridgehead atoms. The molecule has 11 rings (SSSR count). The summed E-state index contributed by atoms with van der Waals surface area (Å²) < 4.78 is 2.20. The van der Waals surface area contributed by atoms with Gasteiger partial charge < -0.3 is 0 Å². The minimum absolute atomic E-state index is 0.657. The van der Waals surface area contributed by atoms with Gasteiger partial charge in [-0.25, -0.2) is 9.97 Å². The van der Waals surface area contributed by atoms with E-state index < -0.39 is 8.07 Å². The Kier molecular flexibility index (Phi) is 7.51. The smallest absolute Gasteiger partial charge is 0.235 e. The van der Waals surface area contributed by atoms with Crippen LogP contribution in [0.2, 0.25) is 0 Å². The molecule has 2 aromatic heterocycles. The van der Waals surface area contributed by atoms with Crippen LogP contribution in [0.3, 0.4) is 0 Å². The Morgan fingerprint density at radius 3 is 1.43 bits per heavy atom. The first-order valence-electron chi connectivity index (χ1n) is 19.2. The van der Waals surface area contributed by atoms with E-state index in [1.807, 2.05) is 6.07 Å². The summed E-state index contributed by atoms with van der Waals surface area (Å²) in [6.45, 7) is 0. The molecule has 1 aliphatic heterocycles. The molecule has 0 saturated heterocycles. The van der Waals surface area contributed by atoms with E-state index in [1.54, 1.807) is 0 Å². The zero-order valence-electron chi connectivity index (χ0n) is 30.5. The number of hydrogen-bond acceptors (Lipinski definition) is 2. The number of benzene rings is 8. The maximum absolute atomic E-state index is 5.28. The van der Waals surface area contributed by atoms with Gasteiger partial charge in [0.1, 0.15) is 0 Å². The molecule has 4 heteroatoms. The molecule has 0 amide bonds. The molecule has 56 heavy (non-hydrogen) atoms. The van der Waals surface area contributed by atoms with Crippen LogP contribution in [0.5, 0.6) is 0 Å². The lowest BCUT2D eigenvalue weighted by Crippen LogP contribution is -2.72. The first-order valence-corrected chi connectivity index (χ1v) is 21.2. The van der Waals surface area contributed by atoms with Gasteiger partial charge in [-0.2, -0.15) is 0 Å². The van der Waals surface area contributed by atoms with Crippen molar-refractivity contribution >= 4 is 50.6 Å². The predicted octanol–water partition coefficient (Wildman–Crippen LogP) is 9.93. The van der Waals surface area contributed by atoms with E-state index in [4.69, 9.17) is 9.97 Å². The second-order valence-electron chi connectivity index (χ2n) is 14.5. The maximum atomic E-state index is 5.28. The zero-order chi connectivity index (χ0) is 37.1. The molecular formula is C52H35N3Si. The Balaban J connectivity index is 1.04. The highest BCUT2D eigenvalue weighted by atomic mass is 28.3. The van der Waals surface area contributed by atoms with Crippen molar-refractivity contribution in [2.45, 2.75) is 0 Å². The van der Waals surface area contributed by atoms with Crippen LogP contribution in [0.25, 0.3) is 72.5 Å². The second kappa shape index (κ2) is 13.0. The molecule has 0 radical (unpaired) electrons. The number of aromatic nitrogens is 3. The average molecular weight is 730 g/mol. The van der Waals surface area contributed by atoms with Crippen molar-refractivity contribution in [1.29, 1.82) is 0 Å². The first-order chi connectivity index (χ1) is 27.8. The Hall–Kier alpha value is -7.14. The predicted molar refractivity (Wildman–Crippen MR) is 235 cm³/mol. The first kappa shape index (κ1) is 32.3. The molecule has 8 aromatic carbocycles. The Morgan fingerprint density at radius 2 is 0.804 bits per heavy atom. The summed E-state index contributed by atoms with van der Waals surface area (Å²) in [6.07, 6.45) is 0. The molecule has 3 nitrogen and oxygen atoms in total. The van der Waals surface area contributed by atoms with Crippen LogP contribution in [-0.4, -0.2) is 22.6 Å². The van der Waals surface area contributed by atoms with E-state index in [0.29, 0.717) is 5.95 Å². The molecule has 0 atom stereocenters. The fourth-order valence-electron chi connectivity index (χ4n) is 9.04. The highest BCUT2D eigenvalue weighted by Crippen LogP contribution is 2.35. The molecule has 0 aliphatic carbocycles. The fourth-order valence-corrected chi connectivity index (χ4v) is 14.2. The minimum Gasteiger partial charge on any atom is -0.278 e. The summed E-state index contributed by atoms with van der Waals surface area (Å²) in [4.78, 5) is 10.5. The number of rotatable bonds is 6. The molecule has 0 saturated carbocycles. The second-order valence-corrected chi connectivity index (χ2v) is 18.3. The Bertz CT molecular complexity index is 2970. The minimum atomic E-state index is -2.52. The van der Waals surface area contributed by atoms with E-state index >= 15 is 0 Å². The lowest BCUT2D eigenvalue weighted by Gasteiger charge is -2.31. The van der Waals surface area contributed by atoms with Crippen LogP contribution in [0.1, 0.15) is 0 Å². The van der Waals surface area contributed by atoms with Crippen molar-refractivity contribution in [2.24, 2.45) is 0 Å². The van der Waals surface area contributed by atoms with Crippen molar-refractivity contribution < 1.29 is 0 Å². The van der Waals surface area contributed by atoms with Crippen LogP contribution < -0.4 is 20.7 Å². The van der Waals surface area contributed by atoms with Gasteiger partial charge in [0.05, 0.1) is 22.4 Å². The standard InChI is InChI=1S/C52H35N3Si/c1-4-16-37(17-5-1)46-35-47(54-52(53-46)55-48-25-13-10-22-42(48)43-23-11-14-26-49(43)55)38-30-28-36(29-31-38)39-32-33-51-45(34-39)44-24-12-15-27-50(44)56(51,40-18-6-2-7-19-40)41-20-8-3-9-21-41/h1-35H. The lowest BCUT2D eigenvalue weighted by molar-refractivity contribution is 0.995. The molecule has 262 valence electrons. The van der Waals surface area contributed by atoms with Crippen molar-refractivity contribution in [3.05, 3.63) is 212 Å². The SMILES string of the molecule is c1ccc(-c2cc(-c3ccc(-c4ccc5c(c4)-c4ccccc4[Si]5(c4ccccc4)c4ccccc4)cc3)nc(-n3c4ccccc4c4ccccc43)n2)cc1. The summed E-state index contributed by atoms with van der Waals surface area (Å²) in [5.41, 5.74) is 11.1. The van der Waals surface area contributed by atoms with Gasteiger partial charge in [-0.1, -0.05) is 188 Å². The summed E-state index contributed by atoms with van der Waals surface area (Å²) in [6, 6.07) is 77.0. The van der Waals surface area contributed by atoms with Crippen molar-refractivity contribution in [3.63, 3.8) is 0 Å². The molecule has 0 fully saturated rings. The monoisotopic (exact) mass is 729 g/mol. The molecule has 0 spiro atoms. The topological polar surface area (TPSA) is 30.7 Å². The third-order valence-electron chi connectivity index (χ3n) is 11.5. The molecule has 0 unspecified atom stereocenters. The Labute approximate surface area is 326 Å². The van der Waals surface area contributed by atoms with Gasteiger partial charge in [0, 0.05) is 21.9 Å². The summed E-state index contributed by atoms with van der Waals surface area (Å²) in [7, 11) is -2.52. The van der Waals surface area contributed by atoms with Gasteiger partial charge in [-0.05, 0) is 67.3 Å². The number of nitrogens with zero attached hydrogens (tertiary/aromatic N) is 3. The highest BCUT2D eigenvalue weighted by molar-refractivity contribution is 7.22. The number of para-hydroxylation sites is 2. The van der Waals surface area contributed by atoms with Crippen molar-refractivity contribution in [1.82, 2.24) is 14.5 Å². The highest BCUT2D eigenvalue weighted by Gasteiger charge is 2.48. The summed E-state index contributed by atoms with van der Waals surface area (Å²) in [5.74, 6) is 0.657.